The van der Waals surface area contributed by atoms with Gasteiger partial charge in [0.05, 0.1) is 6.42 Å². The Morgan fingerprint density at radius 1 is 0.967 bits per heavy atom. The van der Waals surface area contributed by atoms with Crippen molar-refractivity contribution in [3.63, 3.8) is 0 Å². The van der Waals surface area contributed by atoms with Gasteiger partial charge in [0.2, 0.25) is 11.8 Å². The predicted octanol–water partition coefficient (Wildman–Crippen LogP) is 5.91. The lowest BCUT2D eigenvalue weighted by Crippen LogP contribution is -2.51. The van der Waals surface area contributed by atoms with Crippen LogP contribution in [0.3, 0.4) is 0 Å². The zero-order valence-corrected chi connectivity index (χ0v) is 19.7. The summed E-state index contributed by atoms with van der Waals surface area (Å²) in [4.78, 5) is 27.8. The zero-order valence-electron chi connectivity index (χ0n) is 17.4. The molecule has 0 radical (unpaired) electrons. The Balaban J connectivity index is 2.35. The van der Waals surface area contributed by atoms with E-state index in [2.05, 4.69) is 5.32 Å². The second kappa shape index (κ2) is 11.6. The molecule has 4 nitrogen and oxygen atoms in total. The molecule has 0 aliphatic carbocycles. The third-order valence-corrected chi connectivity index (χ3v) is 6.01. The monoisotopic (exact) mass is 468 g/mol. The Hall–Kier alpha value is -1.75. The van der Waals surface area contributed by atoms with E-state index in [9.17, 15) is 9.59 Å². The van der Waals surface area contributed by atoms with Gasteiger partial charge in [0.25, 0.3) is 0 Å². The predicted molar refractivity (Wildman–Crippen MR) is 124 cm³/mol. The molecule has 0 aliphatic rings. The van der Waals surface area contributed by atoms with Gasteiger partial charge in [-0.25, -0.2) is 0 Å². The standard InChI is InChI=1S/C23H27Cl3N2O2/c1-4-15(3)27-23(30)21(5-2)28(14-18-19(25)7-6-8-20(18)26)22(29)13-16-9-11-17(24)12-10-16/h6-12,15,21H,4-5,13-14H2,1-3H3,(H,27,30)/t15-,21+/m1/s1. The zero-order chi connectivity index (χ0) is 22.3. The number of carbonyl (C=O) groups excluding carboxylic acids is 2. The van der Waals surface area contributed by atoms with Gasteiger partial charge in [0.1, 0.15) is 6.04 Å². The molecule has 7 heteroatoms. The SMILES string of the molecule is CC[C@@H](C)NC(=O)[C@H](CC)N(Cc1c(Cl)cccc1Cl)C(=O)Cc1ccc(Cl)cc1. The highest BCUT2D eigenvalue weighted by molar-refractivity contribution is 6.36. The quantitative estimate of drug-likeness (QED) is 0.496. The number of halogens is 3. The minimum atomic E-state index is -0.633. The molecule has 2 amide bonds. The van der Waals surface area contributed by atoms with Crippen molar-refractivity contribution in [2.75, 3.05) is 0 Å². The number of carbonyl (C=O) groups is 2. The van der Waals surface area contributed by atoms with Crippen LogP contribution >= 0.6 is 34.8 Å². The van der Waals surface area contributed by atoms with Gasteiger partial charge in [-0.15, -0.1) is 0 Å². The summed E-state index contributed by atoms with van der Waals surface area (Å²) in [7, 11) is 0. The van der Waals surface area contributed by atoms with Crippen molar-refractivity contribution < 1.29 is 9.59 Å². The van der Waals surface area contributed by atoms with Crippen LogP contribution in [0.5, 0.6) is 0 Å². The molecule has 162 valence electrons. The minimum absolute atomic E-state index is 0.0173. The van der Waals surface area contributed by atoms with Gasteiger partial charge in [-0.2, -0.15) is 0 Å². The highest BCUT2D eigenvalue weighted by atomic mass is 35.5. The molecule has 30 heavy (non-hydrogen) atoms. The molecular weight excluding hydrogens is 443 g/mol. The summed E-state index contributed by atoms with van der Waals surface area (Å²) in [5, 5.41) is 4.51. The van der Waals surface area contributed by atoms with E-state index in [1.807, 2.05) is 20.8 Å². The average molecular weight is 470 g/mol. The van der Waals surface area contributed by atoms with Gasteiger partial charge < -0.3 is 10.2 Å². The van der Waals surface area contributed by atoms with Crippen LogP contribution in [0.15, 0.2) is 42.5 Å². The van der Waals surface area contributed by atoms with Crippen LogP contribution in [-0.4, -0.2) is 28.8 Å². The second-order valence-electron chi connectivity index (χ2n) is 7.27. The molecule has 0 saturated carbocycles. The molecule has 0 unspecified atom stereocenters. The van der Waals surface area contributed by atoms with Crippen LogP contribution in [0.25, 0.3) is 0 Å². The normalized spacial score (nSPS) is 12.9. The molecule has 2 aromatic carbocycles. The lowest BCUT2D eigenvalue weighted by atomic mass is 10.1. The Morgan fingerprint density at radius 3 is 2.10 bits per heavy atom. The molecule has 1 N–H and O–H groups in total. The molecule has 2 rings (SSSR count). The van der Waals surface area contributed by atoms with Crippen LogP contribution in [0, 0.1) is 0 Å². The van der Waals surface area contributed by atoms with Gasteiger partial charge >= 0.3 is 0 Å². The van der Waals surface area contributed by atoms with Crippen molar-refractivity contribution in [1.82, 2.24) is 10.2 Å². The van der Waals surface area contributed by atoms with E-state index in [4.69, 9.17) is 34.8 Å². The second-order valence-corrected chi connectivity index (χ2v) is 8.52. The molecule has 0 fully saturated rings. The first kappa shape index (κ1) is 24.5. The first-order chi connectivity index (χ1) is 14.3. The maximum atomic E-state index is 13.3. The highest BCUT2D eigenvalue weighted by Crippen LogP contribution is 2.27. The van der Waals surface area contributed by atoms with Gasteiger partial charge in [-0.3, -0.25) is 9.59 Å². The molecule has 2 atom stereocenters. The van der Waals surface area contributed by atoms with Gasteiger partial charge in [0.15, 0.2) is 0 Å². The summed E-state index contributed by atoms with van der Waals surface area (Å²) >= 11 is 18.7. The molecule has 0 aliphatic heterocycles. The van der Waals surface area contributed by atoms with Crippen molar-refractivity contribution in [1.29, 1.82) is 0 Å². The van der Waals surface area contributed by atoms with E-state index in [1.165, 1.54) is 0 Å². The minimum Gasteiger partial charge on any atom is -0.352 e. The topological polar surface area (TPSA) is 49.4 Å². The van der Waals surface area contributed by atoms with Crippen molar-refractivity contribution in [2.24, 2.45) is 0 Å². The number of nitrogens with zero attached hydrogens (tertiary/aromatic N) is 1. The average Bonchev–Trinajstić information content (AvgIpc) is 2.71. The van der Waals surface area contributed by atoms with E-state index in [0.29, 0.717) is 27.1 Å². The Labute approximate surface area is 193 Å². The van der Waals surface area contributed by atoms with Crippen molar-refractivity contribution >= 4 is 46.6 Å². The van der Waals surface area contributed by atoms with E-state index < -0.39 is 6.04 Å². The summed E-state index contributed by atoms with van der Waals surface area (Å²) < 4.78 is 0. The molecule has 0 aromatic heterocycles. The van der Waals surface area contributed by atoms with E-state index >= 15 is 0 Å². The molecule has 0 heterocycles. The highest BCUT2D eigenvalue weighted by Gasteiger charge is 2.30. The van der Waals surface area contributed by atoms with Gasteiger partial charge in [-0.05, 0) is 49.6 Å². The van der Waals surface area contributed by atoms with Crippen molar-refractivity contribution in [2.45, 2.75) is 58.7 Å². The third kappa shape index (κ3) is 6.63. The van der Waals surface area contributed by atoms with Gasteiger partial charge in [-0.1, -0.05) is 66.8 Å². The van der Waals surface area contributed by atoms with Gasteiger partial charge in [0, 0.05) is 33.2 Å². The van der Waals surface area contributed by atoms with E-state index in [1.54, 1.807) is 47.4 Å². The number of nitrogens with one attached hydrogen (secondary N) is 1. The van der Waals surface area contributed by atoms with Crippen molar-refractivity contribution in [3.05, 3.63) is 68.7 Å². The number of benzene rings is 2. The fraction of sp³-hybridized carbons (Fsp3) is 0.391. The lowest BCUT2D eigenvalue weighted by Gasteiger charge is -2.32. The number of rotatable bonds is 9. The van der Waals surface area contributed by atoms with E-state index in [0.717, 1.165) is 12.0 Å². The molecule has 2 aromatic rings. The van der Waals surface area contributed by atoms with Crippen LogP contribution < -0.4 is 5.32 Å². The molecular formula is C23H27Cl3N2O2. The third-order valence-electron chi connectivity index (χ3n) is 5.05. The Morgan fingerprint density at radius 2 is 1.57 bits per heavy atom. The molecule has 0 spiro atoms. The Kier molecular flexibility index (Phi) is 9.47. The molecule has 0 saturated heterocycles. The summed E-state index contributed by atoms with van der Waals surface area (Å²) in [6.07, 6.45) is 1.42. The maximum absolute atomic E-state index is 13.3. The van der Waals surface area contributed by atoms with Crippen molar-refractivity contribution in [3.8, 4) is 0 Å². The maximum Gasteiger partial charge on any atom is 0.243 e. The first-order valence-electron chi connectivity index (χ1n) is 10.0. The summed E-state index contributed by atoms with van der Waals surface area (Å²) in [6.45, 7) is 5.98. The fourth-order valence-electron chi connectivity index (χ4n) is 3.09. The molecule has 0 bridgehead atoms. The van der Waals surface area contributed by atoms with Crippen LogP contribution in [0.2, 0.25) is 15.1 Å². The summed E-state index contributed by atoms with van der Waals surface area (Å²) in [6, 6.07) is 11.7. The fourth-order valence-corrected chi connectivity index (χ4v) is 3.74. The summed E-state index contributed by atoms with van der Waals surface area (Å²) in [5.74, 6) is -0.362. The first-order valence-corrected chi connectivity index (χ1v) is 11.2. The number of amides is 2. The summed E-state index contributed by atoms with van der Waals surface area (Å²) in [5.41, 5.74) is 1.44. The van der Waals surface area contributed by atoms with E-state index in [-0.39, 0.29) is 30.8 Å². The largest absolute Gasteiger partial charge is 0.352 e. The Bertz CT molecular complexity index is 851. The smallest absolute Gasteiger partial charge is 0.243 e. The van der Waals surface area contributed by atoms with Crippen LogP contribution in [-0.2, 0) is 22.6 Å². The number of hydrogen-bond acceptors (Lipinski definition) is 2. The van der Waals surface area contributed by atoms with Crippen LogP contribution in [0.4, 0.5) is 0 Å². The number of hydrogen-bond donors (Lipinski definition) is 1. The lowest BCUT2D eigenvalue weighted by molar-refractivity contribution is -0.141. The van der Waals surface area contributed by atoms with Crippen LogP contribution in [0.1, 0.15) is 44.7 Å².